The zero-order chi connectivity index (χ0) is 22.3. The minimum absolute atomic E-state index is 0.112. The molecule has 31 heavy (non-hydrogen) atoms. The van der Waals surface area contributed by atoms with Crippen molar-refractivity contribution < 1.29 is 18.4 Å². The fourth-order valence-corrected chi connectivity index (χ4v) is 3.73. The van der Waals surface area contributed by atoms with Crippen molar-refractivity contribution >= 4 is 45.1 Å². The molecule has 4 rings (SSSR count). The molecular formula is C24H22N2O5. The fourth-order valence-electron chi connectivity index (χ4n) is 3.73. The van der Waals surface area contributed by atoms with Crippen molar-refractivity contribution in [1.82, 2.24) is 0 Å². The standard InChI is InChI=1S/C24H22N2O5/c1-12-11-30-22-14(3)23-19(9-18(12)22)13(2)20(24(29)31-23)10-21(28)26-17-7-5-16(6-8-17)25-15(4)27/h5-9,11H,10H2,1-4H3,(H,25,27)(H,26,28). The molecule has 0 aliphatic rings. The Hall–Kier alpha value is -3.87. The molecule has 4 aromatic rings. The van der Waals surface area contributed by atoms with Gasteiger partial charge in [0.15, 0.2) is 0 Å². The second-order valence-electron chi connectivity index (χ2n) is 7.65. The van der Waals surface area contributed by atoms with Gasteiger partial charge < -0.3 is 19.5 Å². The first-order chi connectivity index (χ1) is 14.7. The molecule has 0 aliphatic carbocycles. The van der Waals surface area contributed by atoms with Gasteiger partial charge in [0.1, 0.15) is 11.2 Å². The normalized spacial score (nSPS) is 11.1. The molecule has 0 fully saturated rings. The molecule has 0 radical (unpaired) electrons. The number of furan rings is 1. The van der Waals surface area contributed by atoms with Crippen LogP contribution in [-0.2, 0) is 16.0 Å². The second kappa shape index (κ2) is 7.75. The first-order valence-corrected chi connectivity index (χ1v) is 9.85. The van der Waals surface area contributed by atoms with Crippen LogP contribution in [0.5, 0.6) is 0 Å². The van der Waals surface area contributed by atoms with E-state index in [0.717, 1.165) is 21.9 Å². The van der Waals surface area contributed by atoms with Crippen LogP contribution in [0.3, 0.4) is 0 Å². The van der Waals surface area contributed by atoms with Crippen LogP contribution >= 0.6 is 0 Å². The van der Waals surface area contributed by atoms with E-state index in [1.165, 1.54) is 6.92 Å². The third kappa shape index (κ3) is 3.82. The summed E-state index contributed by atoms with van der Waals surface area (Å²) < 4.78 is 11.2. The Morgan fingerprint density at radius 3 is 2.19 bits per heavy atom. The lowest BCUT2D eigenvalue weighted by Crippen LogP contribution is -2.20. The summed E-state index contributed by atoms with van der Waals surface area (Å²) in [6.45, 7) is 7.06. The van der Waals surface area contributed by atoms with E-state index in [-0.39, 0.29) is 18.2 Å². The minimum Gasteiger partial charge on any atom is -0.464 e. The number of amides is 2. The number of carbonyl (C=O) groups is 2. The molecule has 7 nitrogen and oxygen atoms in total. The van der Waals surface area contributed by atoms with E-state index in [1.54, 1.807) is 30.5 Å². The smallest absolute Gasteiger partial charge is 0.340 e. The van der Waals surface area contributed by atoms with Crippen molar-refractivity contribution in [1.29, 1.82) is 0 Å². The van der Waals surface area contributed by atoms with Crippen LogP contribution in [0, 0.1) is 20.8 Å². The van der Waals surface area contributed by atoms with E-state index >= 15 is 0 Å². The van der Waals surface area contributed by atoms with Gasteiger partial charge in [-0.2, -0.15) is 0 Å². The molecule has 2 N–H and O–H groups in total. The maximum atomic E-state index is 12.7. The highest BCUT2D eigenvalue weighted by molar-refractivity contribution is 6.00. The van der Waals surface area contributed by atoms with Crippen molar-refractivity contribution in [2.24, 2.45) is 0 Å². The number of fused-ring (bicyclic) bond motifs is 2. The van der Waals surface area contributed by atoms with Gasteiger partial charge in [-0.15, -0.1) is 0 Å². The lowest BCUT2D eigenvalue weighted by atomic mass is 9.99. The molecule has 0 saturated carbocycles. The first kappa shape index (κ1) is 20.4. The number of hydrogen-bond donors (Lipinski definition) is 2. The largest absolute Gasteiger partial charge is 0.464 e. The zero-order valence-electron chi connectivity index (χ0n) is 17.7. The molecule has 2 aromatic heterocycles. The summed E-state index contributed by atoms with van der Waals surface area (Å²) in [4.78, 5) is 36.4. The highest BCUT2D eigenvalue weighted by atomic mass is 16.4. The van der Waals surface area contributed by atoms with E-state index in [4.69, 9.17) is 8.83 Å². The quantitative estimate of drug-likeness (QED) is 0.472. The van der Waals surface area contributed by atoms with Gasteiger partial charge in [0.2, 0.25) is 11.8 Å². The third-order valence-corrected chi connectivity index (χ3v) is 5.36. The Labute approximate surface area is 178 Å². The monoisotopic (exact) mass is 418 g/mol. The maximum Gasteiger partial charge on any atom is 0.340 e. The summed E-state index contributed by atoms with van der Waals surface area (Å²) in [5.41, 5.74) is 4.62. The van der Waals surface area contributed by atoms with E-state index in [0.29, 0.717) is 33.7 Å². The van der Waals surface area contributed by atoms with E-state index in [1.807, 2.05) is 26.8 Å². The fraction of sp³-hybridized carbons (Fsp3) is 0.208. The van der Waals surface area contributed by atoms with Gasteiger partial charge in [-0.25, -0.2) is 4.79 Å². The van der Waals surface area contributed by atoms with Crippen LogP contribution in [0.4, 0.5) is 11.4 Å². The average Bonchev–Trinajstić information content (AvgIpc) is 3.08. The van der Waals surface area contributed by atoms with Gasteiger partial charge in [-0.1, -0.05) is 0 Å². The second-order valence-corrected chi connectivity index (χ2v) is 7.65. The van der Waals surface area contributed by atoms with Crippen molar-refractivity contribution in [2.45, 2.75) is 34.1 Å². The van der Waals surface area contributed by atoms with Crippen LogP contribution in [0.15, 0.2) is 50.2 Å². The van der Waals surface area contributed by atoms with Gasteiger partial charge in [0, 0.05) is 34.6 Å². The molecule has 2 heterocycles. The van der Waals surface area contributed by atoms with Gasteiger partial charge >= 0.3 is 5.63 Å². The molecule has 2 aromatic carbocycles. The Kier molecular flexibility index (Phi) is 5.10. The summed E-state index contributed by atoms with van der Waals surface area (Å²) in [5.74, 6) is -0.507. The molecule has 0 bridgehead atoms. The summed E-state index contributed by atoms with van der Waals surface area (Å²) >= 11 is 0. The summed E-state index contributed by atoms with van der Waals surface area (Å²) in [6, 6.07) is 8.68. The molecule has 158 valence electrons. The Bertz CT molecular complexity index is 1390. The van der Waals surface area contributed by atoms with Crippen molar-refractivity contribution in [3.05, 3.63) is 69.3 Å². The molecule has 0 spiro atoms. The number of anilines is 2. The Morgan fingerprint density at radius 1 is 0.903 bits per heavy atom. The number of aryl methyl sites for hydroxylation is 3. The van der Waals surface area contributed by atoms with E-state index < -0.39 is 5.63 Å². The summed E-state index contributed by atoms with van der Waals surface area (Å²) in [5, 5.41) is 7.18. The Balaban J connectivity index is 1.64. The predicted octanol–water partition coefficient (Wildman–Crippen LogP) is 4.60. The SMILES string of the molecule is CC(=O)Nc1ccc(NC(=O)Cc2c(C)c3cc4c(C)coc4c(C)c3oc2=O)cc1. The molecule has 0 saturated heterocycles. The maximum absolute atomic E-state index is 12.7. The van der Waals surface area contributed by atoms with Crippen LogP contribution < -0.4 is 16.3 Å². The number of rotatable bonds is 4. The first-order valence-electron chi connectivity index (χ1n) is 9.85. The molecule has 2 amide bonds. The number of hydrogen-bond acceptors (Lipinski definition) is 5. The number of benzene rings is 2. The molecule has 0 unspecified atom stereocenters. The zero-order valence-corrected chi connectivity index (χ0v) is 17.7. The summed E-state index contributed by atoms with van der Waals surface area (Å²) in [6.07, 6.45) is 1.56. The number of nitrogens with one attached hydrogen (secondary N) is 2. The van der Waals surface area contributed by atoms with Gasteiger partial charge in [-0.05, 0) is 62.2 Å². The number of carbonyl (C=O) groups excluding carboxylic acids is 2. The van der Waals surface area contributed by atoms with Crippen LogP contribution in [0.2, 0.25) is 0 Å². The van der Waals surface area contributed by atoms with Crippen molar-refractivity contribution in [3.8, 4) is 0 Å². The van der Waals surface area contributed by atoms with E-state index in [2.05, 4.69) is 10.6 Å². The molecule has 0 aliphatic heterocycles. The van der Waals surface area contributed by atoms with Gasteiger partial charge in [0.05, 0.1) is 18.2 Å². The van der Waals surface area contributed by atoms with Crippen LogP contribution in [0.25, 0.3) is 21.9 Å². The lowest BCUT2D eigenvalue weighted by molar-refractivity contribution is -0.116. The van der Waals surface area contributed by atoms with Crippen LogP contribution in [-0.4, -0.2) is 11.8 Å². The van der Waals surface area contributed by atoms with Crippen LogP contribution in [0.1, 0.15) is 29.2 Å². The molecular weight excluding hydrogens is 396 g/mol. The van der Waals surface area contributed by atoms with Gasteiger partial charge in [0.25, 0.3) is 0 Å². The predicted molar refractivity (Wildman–Crippen MR) is 120 cm³/mol. The lowest BCUT2D eigenvalue weighted by Gasteiger charge is -2.11. The highest BCUT2D eigenvalue weighted by Crippen LogP contribution is 2.32. The minimum atomic E-state index is -0.535. The third-order valence-electron chi connectivity index (χ3n) is 5.36. The topological polar surface area (TPSA) is 102 Å². The van der Waals surface area contributed by atoms with Gasteiger partial charge in [-0.3, -0.25) is 9.59 Å². The van der Waals surface area contributed by atoms with E-state index in [9.17, 15) is 14.4 Å². The average molecular weight is 418 g/mol. The Morgan fingerprint density at radius 2 is 1.55 bits per heavy atom. The van der Waals surface area contributed by atoms with Crippen molar-refractivity contribution in [3.63, 3.8) is 0 Å². The summed E-state index contributed by atoms with van der Waals surface area (Å²) in [7, 11) is 0. The van der Waals surface area contributed by atoms with Crippen molar-refractivity contribution in [2.75, 3.05) is 10.6 Å². The molecule has 7 heteroatoms. The molecule has 0 atom stereocenters. The highest BCUT2D eigenvalue weighted by Gasteiger charge is 2.19.